The van der Waals surface area contributed by atoms with Crippen LogP contribution < -0.4 is 10.1 Å². The summed E-state index contributed by atoms with van der Waals surface area (Å²) in [7, 11) is 1.66. The van der Waals surface area contributed by atoms with Gasteiger partial charge in [-0.15, -0.1) is 0 Å². The second kappa shape index (κ2) is 7.65. The molecule has 0 aliphatic carbocycles. The van der Waals surface area contributed by atoms with Crippen LogP contribution in [0.25, 0.3) is 0 Å². The molecule has 0 heterocycles. The molecule has 0 fully saturated rings. The maximum absolute atomic E-state index is 6.35. The quantitative estimate of drug-likeness (QED) is 0.790. The van der Waals surface area contributed by atoms with Gasteiger partial charge in [0.2, 0.25) is 0 Å². The lowest BCUT2D eigenvalue weighted by Gasteiger charge is -2.22. The number of halogens is 1. The first kappa shape index (κ1) is 15.3. The summed E-state index contributed by atoms with van der Waals surface area (Å²) >= 11 is 6.35. The molecular weight excluding hydrogens is 246 g/mol. The molecule has 0 radical (unpaired) electrons. The molecule has 0 aromatic heterocycles. The van der Waals surface area contributed by atoms with Gasteiger partial charge in [-0.25, -0.2) is 0 Å². The third-order valence-corrected chi connectivity index (χ3v) is 3.26. The SMILES string of the molecule is CCCNC(CC(C)C)c1ccc(OC)cc1Cl. The van der Waals surface area contributed by atoms with Gasteiger partial charge >= 0.3 is 0 Å². The second-order valence-corrected chi connectivity index (χ2v) is 5.43. The van der Waals surface area contributed by atoms with E-state index in [1.165, 1.54) is 5.56 Å². The van der Waals surface area contributed by atoms with Gasteiger partial charge < -0.3 is 10.1 Å². The molecule has 0 amide bonds. The van der Waals surface area contributed by atoms with Crippen molar-refractivity contribution in [3.8, 4) is 5.75 Å². The van der Waals surface area contributed by atoms with Crippen LogP contribution >= 0.6 is 11.6 Å². The Morgan fingerprint density at radius 1 is 1.33 bits per heavy atom. The minimum atomic E-state index is 0.323. The molecule has 0 aliphatic rings. The third-order valence-electron chi connectivity index (χ3n) is 2.93. The molecule has 1 atom stereocenters. The number of hydrogen-bond donors (Lipinski definition) is 1. The Bertz CT molecular complexity index is 366. The van der Waals surface area contributed by atoms with Gasteiger partial charge in [0, 0.05) is 11.1 Å². The van der Waals surface area contributed by atoms with Gasteiger partial charge in [0.15, 0.2) is 0 Å². The van der Waals surface area contributed by atoms with Crippen molar-refractivity contribution in [2.45, 2.75) is 39.7 Å². The van der Waals surface area contributed by atoms with Crippen molar-refractivity contribution in [3.05, 3.63) is 28.8 Å². The molecule has 0 aliphatic heterocycles. The fraction of sp³-hybridized carbons (Fsp3) is 0.600. The summed E-state index contributed by atoms with van der Waals surface area (Å²) in [6.45, 7) is 7.66. The van der Waals surface area contributed by atoms with Crippen LogP contribution in [0, 0.1) is 5.92 Å². The minimum absolute atomic E-state index is 0.323. The van der Waals surface area contributed by atoms with Crippen LogP contribution in [0.4, 0.5) is 0 Å². The Hall–Kier alpha value is -0.730. The monoisotopic (exact) mass is 269 g/mol. The number of rotatable bonds is 7. The third kappa shape index (κ3) is 4.51. The lowest BCUT2D eigenvalue weighted by molar-refractivity contribution is 0.412. The van der Waals surface area contributed by atoms with Gasteiger partial charge in [0.05, 0.1) is 7.11 Å². The van der Waals surface area contributed by atoms with E-state index < -0.39 is 0 Å². The highest BCUT2D eigenvalue weighted by Gasteiger charge is 2.16. The normalized spacial score (nSPS) is 12.8. The Morgan fingerprint density at radius 3 is 2.56 bits per heavy atom. The summed E-state index contributed by atoms with van der Waals surface area (Å²) in [4.78, 5) is 0. The van der Waals surface area contributed by atoms with Crippen LogP contribution in [-0.4, -0.2) is 13.7 Å². The number of ether oxygens (including phenoxy) is 1. The smallest absolute Gasteiger partial charge is 0.120 e. The Balaban J connectivity index is 2.89. The first-order chi connectivity index (χ1) is 8.58. The average Bonchev–Trinajstić information content (AvgIpc) is 2.34. The zero-order chi connectivity index (χ0) is 13.5. The standard InChI is InChI=1S/C15H24ClNO/c1-5-8-17-15(9-11(2)3)13-7-6-12(18-4)10-14(13)16/h6-7,10-11,15,17H,5,8-9H2,1-4H3. The first-order valence-corrected chi connectivity index (χ1v) is 7.03. The Morgan fingerprint density at radius 2 is 2.06 bits per heavy atom. The molecule has 1 N–H and O–H groups in total. The lowest BCUT2D eigenvalue weighted by atomic mass is 9.96. The van der Waals surface area contributed by atoms with E-state index in [0.717, 1.165) is 30.2 Å². The predicted molar refractivity (Wildman–Crippen MR) is 78.5 cm³/mol. The van der Waals surface area contributed by atoms with Crippen molar-refractivity contribution < 1.29 is 4.74 Å². The second-order valence-electron chi connectivity index (χ2n) is 5.02. The minimum Gasteiger partial charge on any atom is -0.497 e. The van der Waals surface area contributed by atoms with Crippen molar-refractivity contribution in [3.63, 3.8) is 0 Å². The highest BCUT2D eigenvalue weighted by Crippen LogP contribution is 2.30. The van der Waals surface area contributed by atoms with Gasteiger partial charge in [-0.3, -0.25) is 0 Å². The van der Waals surface area contributed by atoms with Crippen molar-refractivity contribution in [2.75, 3.05) is 13.7 Å². The van der Waals surface area contributed by atoms with Crippen LogP contribution in [0.1, 0.15) is 45.2 Å². The number of hydrogen-bond acceptors (Lipinski definition) is 2. The van der Waals surface area contributed by atoms with Crippen LogP contribution in [0.2, 0.25) is 5.02 Å². The molecule has 1 unspecified atom stereocenters. The molecule has 0 saturated heterocycles. The average molecular weight is 270 g/mol. The molecule has 3 heteroatoms. The van der Waals surface area contributed by atoms with Crippen molar-refractivity contribution in [2.24, 2.45) is 5.92 Å². The molecule has 1 aromatic carbocycles. The summed E-state index contributed by atoms with van der Waals surface area (Å²) in [5.74, 6) is 1.44. The molecule has 2 nitrogen and oxygen atoms in total. The molecule has 102 valence electrons. The summed E-state index contributed by atoms with van der Waals surface area (Å²) in [6, 6.07) is 6.25. The van der Waals surface area contributed by atoms with Crippen molar-refractivity contribution in [1.82, 2.24) is 5.32 Å². The van der Waals surface area contributed by atoms with E-state index in [1.807, 2.05) is 12.1 Å². The lowest BCUT2D eigenvalue weighted by Crippen LogP contribution is -2.23. The fourth-order valence-corrected chi connectivity index (χ4v) is 2.33. The van der Waals surface area contributed by atoms with Crippen molar-refractivity contribution >= 4 is 11.6 Å². The summed E-state index contributed by atoms with van der Waals surface area (Å²) in [5.41, 5.74) is 1.17. The van der Waals surface area contributed by atoms with Gasteiger partial charge in [0.1, 0.15) is 5.75 Å². The van der Waals surface area contributed by atoms with E-state index in [1.54, 1.807) is 7.11 Å². The van der Waals surface area contributed by atoms with Gasteiger partial charge in [0.25, 0.3) is 0 Å². The van der Waals surface area contributed by atoms with E-state index in [2.05, 4.69) is 32.2 Å². The van der Waals surface area contributed by atoms with E-state index in [0.29, 0.717) is 12.0 Å². The molecule has 0 saturated carbocycles. The van der Waals surface area contributed by atoms with Crippen LogP contribution in [0.3, 0.4) is 0 Å². The van der Waals surface area contributed by atoms with Crippen LogP contribution in [-0.2, 0) is 0 Å². The number of nitrogens with one attached hydrogen (secondary N) is 1. The summed E-state index contributed by atoms with van der Waals surface area (Å²) in [6.07, 6.45) is 2.22. The van der Waals surface area contributed by atoms with Crippen LogP contribution in [0.15, 0.2) is 18.2 Å². The number of methoxy groups -OCH3 is 1. The van der Waals surface area contributed by atoms with Gasteiger partial charge in [-0.2, -0.15) is 0 Å². The van der Waals surface area contributed by atoms with E-state index >= 15 is 0 Å². The topological polar surface area (TPSA) is 21.3 Å². The molecule has 1 aromatic rings. The molecule has 18 heavy (non-hydrogen) atoms. The van der Waals surface area contributed by atoms with E-state index in [-0.39, 0.29) is 0 Å². The Kier molecular flexibility index (Phi) is 6.51. The summed E-state index contributed by atoms with van der Waals surface area (Å²) < 4.78 is 5.19. The highest BCUT2D eigenvalue weighted by molar-refractivity contribution is 6.31. The predicted octanol–water partition coefficient (Wildman–Crippen LogP) is 4.44. The van der Waals surface area contributed by atoms with E-state index in [4.69, 9.17) is 16.3 Å². The summed E-state index contributed by atoms with van der Waals surface area (Å²) in [5, 5.41) is 4.35. The number of benzene rings is 1. The van der Waals surface area contributed by atoms with Crippen molar-refractivity contribution in [1.29, 1.82) is 0 Å². The zero-order valence-corrected chi connectivity index (χ0v) is 12.6. The van der Waals surface area contributed by atoms with Crippen LogP contribution in [0.5, 0.6) is 5.75 Å². The maximum atomic E-state index is 6.35. The molecular formula is C15H24ClNO. The van der Waals surface area contributed by atoms with E-state index in [9.17, 15) is 0 Å². The van der Waals surface area contributed by atoms with Gasteiger partial charge in [-0.1, -0.05) is 38.4 Å². The van der Waals surface area contributed by atoms with Gasteiger partial charge in [-0.05, 0) is 43.0 Å². The highest BCUT2D eigenvalue weighted by atomic mass is 35.5. The molecule has 0 bridgehead atoms. The maximum Gasteiger partial charge on any atom is 0.120 e. The molecule has 0 spiro atoms. The molecule has 1 rings (SSSR count). The Labute approximate surface area is 116 Å². The largest absolute Gasteiger partial charge is 0.497 e. The zero-order valence-electron chi connectivity index (χ0n) is 11.8. The first-order valence-electron chi connectivity index (χ1n) is 6.65. The fourth-order valence-electron chi connectivity index (χ4n) is 2.03.